The summed E-state index contributed by atoms with van der Waals surface area (Å²) in [5.41, 5.74) is 1.99. The molecule has 2 heterocycles. The number of nitrogens with one attached hydrogen (secondary N) is 2. The molecule has 0 saturated carbocycles. The van der Waals surface area contributed by atoms with Gasteiger partial charge in [0.15, 0.2) is 0 Å². The van der Waals surface area contributed by atoms with E-state index in [4.69, 9.17) is 0 Å². The number of anilines is 3. The van der Waals surface area contributed by atoms with Crippen molar-refractivity contribution in [3.8, 4) is 0 Å². The summed E-state index contributed by atoms with van der Waals surface area (Å²) in [5, 5.41) is 5.56. The van der Waals surface area contributed by atoms with Crippen LogP contribution < -0.4 is 15.5 Å². The van der Waals surface area contributed by atoms with E-state index in [9.17, 15) is 13.6 Å². The van der Waals surface area contributed by atoms with Crippen molar-refractivity contribution in [2.24, 2.45) is 5.92 Å². The van der Waals surface area contributed by atoms with Crippen molar-refractivity contribution in [3.05, 3.63) is 59.8 Å². The smallest absolute Gasteiger partial charge is 0.257 e. The van der Waals surface area contributed by atoms with Crippen LogP contribution in [0.15, 0.2) is 42.6 Å². The van der Waals surface area contributed by atoms with Crippen molar-refractivity contribution in [3.63, 3.8) is 0 Å². The normalized spacial score (nSPS) is 18.1. The number of halogens is 2. The van der Waals surface area contributed by atoms with Gasteiger partial charge in [-0.2, -0.15) is 0 Å². The second-order valence-corrected chi connectivity index (χ2v) is 7.70. The Morgan fingerprint density at radius 3 is 2.69 bits per heavy atom. The number of nitrogens with zero attached hydrogens (tertiary/aromatic N) is 1. The summed E-state index contributed by atoms with van der Waals surface area (Å²) in [6.45, 7) is 3.94. The van der Waals surface area contributed by atoms with Gasteiger partial charge in [-0.05, 0) is 49.1 Å². The Hall–Kier alpha value is -2.89. The first-order valence-electron chi connectivity index (χ1n) is 10.2. The van der Waals surface area contributed by atoms with Gasteiger partial charge < -0.3 is 15.5 Å². The quantitative estimate of drug-likeness (QED) is 0.665. The molecule has 0 aromatic heterocycles. The summed E-state index contributed by atoms with van der Waals surface area (Å²) in [5.74, 6) is -0.413. The second kappa shape index (κ2) is 8.23. The van der Waals surface area contributed by atoms with E-state index in [1.54, 1.807) is 24.3 Å². The number of hydrogen-bond acceptors (Lipinski definition) is 3. The van der Waals surface area contributed by atoms with Gasteiger partial charge in [-0.15, -0.1) is 0 Å². The van der Waals surface area contributed by atoms with Gasteiger partial charge in [-0.1, -0.05) is 25.8 Å². The summed E-state index contributed by atoms with van der Waals surface area (Å²) < 4.78 is 28.8. The summed E-state index contributed by atoms with van der Waals surface area (Å²) >= 11 is 0. The van der Waals surface area contributed by atoms with Gasteiger partial charge in [0.05, 0.1) is 16.9 Å². The molecule has 2 aliphatic rings. The van der Waals surface area contributed by atoms with Crippen molar-refractivity contribution in [1.82, 2.24) is 0 Å². The second-order valence-electron chi connectivity index (χ2n) is 7.70. The molecule has 0 atom stereocenters. The molecule has 1 fully saturated rings. The lowest BCUT2D eigenvalue weighted by Gasteiger charge is -2.33. The van der Waals surface area contributed by atoms with Crippen LogP contribution in [0.4, 0.5) is 25.8 Å². The van der Waals surface area contributed by atoms with Crippen LogP contribution in [0, 0.1) is 17.6 Å². The molecule has 2 aromatic rings. The van der Waals surface area contributed by atoms with E-state index in [1.165, 1.54) is 31.2 Å². The molecule has 2 aliphatic heterocycles. The first kappa shape index (κ1) is 19.4. The minimum atomic E-state index is -0.470. The highest BCUT2D eigenvalue weighted by Gasteiger charge is 2.27. The molecule has 0 spiro atoms. The van der Waals surface area contributed by atoms with E-state index in [0.29, 0.717) is 17.1 Å². The Balaban J connectivity index is 1.47. The van der Waals surface area contributed by atoms with Crippen molar-refractivity contribution in [2.75, 3.05) is 28.6 Å². The molecule has 0 unspecified atom stereocenters. The molecule has 6 heteroatoms. The topological polar surface area (TPSA) is 44.4 Å². The lowest BCUT2D eigenvalue weighted by molar-refractivity contribution is -0.110. The zero-order valence-electron chi connectivity index (χ0n) is 16.5. The Labute approximate surface area is 169 Å². The van der Waals surface area contributed by atoms with Crippen LogP contribution in [-0.4, -0.2) is 19.0 Å². The van der Waals surface area contributed by atoms with Crippen LogP contribution >= 0.6 is 0 Å². The molecule has 0 bridgehead atoms. The summed E-state index contributed by atoms with van der Waals surface area (Å²) in [6, 6.07) is 9.46. The lowest BCUT2D eigenvalue weighted by atomic mass is 9.92. The van der Waals surface area contributed by atoms with Crippen molar-refractivity contribution < 1.29 is 13.6 Å². The predicted molar refractivity (Wildman–Crippen MR) is 113 cm³/mol. The predicted octanol–water partition coefficient (Wildman–Crippen LogP) is 5.39. The number of piperidine rings is 1. The summed E-state index contributed by atoms with van der Waals surface area (Å²) in [7, 11) is 0. The van der Waals surface area contributed by atoms with Crippen LogP contribution in [0.5, 0.6) is 0 Å². The number of carbonyl (C=O) groups is 1. The minimum Gasteiger partial charge on any atom is -0.369 e. The van der Waals surface area contributed by atoms with Gasteiger partial charge in [0, 0.05) is 30.5 Å². The fraction of sp³-hybridized carbons (Fsp3) is 0.348. The molecular weight excluding hydrogens is 372 g/mol. The van der Waals surface area contributed by atoms with Gasteiger partial charge in [-0.25, -0.2) is 8.78 Å². The lowest BCUT2D eigenvalue weighted by Crippen LogP contribution is -2.34. The van der Waals surface area contributed by atoms with Gasteiger partial charge in [0.2, 0.25) is 0 Å². The Morgan fingerprint density at radius 2 is 1.97 bits per heavy atom. The van der Waals surface area contributed by atoms with Gasteiger partial charge in [0.1, 0.15) is 11.6 Å². The largest absolute Gasteiger partial charge is 0.369 e. The number of carbonyl (C=O) groups excluding carboxylic acids is 1. The van der Waals surface area contributed by atoms with E-state index in [1.807, 2.05) is 0 Å². The molecule has 0 radical (unpaired) electrons. The monoisotopic (exact) mass is 397 g/mol. The third kappa shape index (κ3) is 3.97. The fourth-order valence-electron chi connectivity index (χ4n) is 4.22. The van der Waals surface area contributed by atoms with Crippen molar-refractivity contribution >= 4 is 28.5 Å². The number of amides is 1. The van der Waals surface area contributed by atoms with E-state index >= 15 is 0 Å². The third-order valence-electron chi connectivity index (χ3n) is 5.76. The van der Waals surface area contributed by atoms with Gasteiger partial charge >= 0.3 is 0 Å². The first-order valence-corrected chi connectivity index (χ1v) is 10.2. The van der Waals surface area contributed by atoms with Crippen LogP contribution in [0.2, 0.25) is 0 Å². The number of hydrogen-bond donors (Lipinski definition) is 2. The molecule has 152 valence electrons. The van der Waals surface area contributed by atoms with Gasteiger partial charge in [0.25, 0.3) is 5.91 Å². The Morgan fingerprint density at radius 1 is 1.17 bits per heavy atom. The number of fused-ring (bicyclic) bond motifs is 1. The van der Waals surface area contributed by atoms with Crippen LogP contribution in [0.1, 0.15) is 38.2 Å². The Bertz CT molecular complexity index is 949. The molecule has 0 aliphatic carbocycles. The maximum Gasteiger partial charge on any atom is 0.257 e. The number of benzene rings is 2. The molecule has 2 N–H and O–H groups in total. The summed E-state index contributed by atoms with van der Waals surface area (Å²) in [4.78, 5) is 14.2. The fourth-order valence-corrected chi connectivity index (χ4v) is 4.22. The van der Waals surface area contributed by atoms with Crippen LogP contribution in [-0.2, 0) is 4.79 Å². The van der Waals surface area contributed by atoms with Crippen molar-refractivity contribution in [1.29, 1.82) is 0 Å². The van der Waals surface area contributed by atoms with E-state index in [0.717, 1.165) is 31.8 Å². The molecule has 1 saturated heterocycles. The zero-order valence-corrected chi connectivity index (χ0v) is 16.5. The maximum absolute atomic E-state index is 14.7. The molecule has 1 amide bonds. The highest BCUT2D eigenvalue weighted by atomic mass is 19.1. The third-order valence-corrected chi connectivity index (χ3v) is 5.76. The molecule has 4 rings (SSSR count). The SMILES string of the molecule is CCCC1CCN(c2ccc(NC=C3C(=O)Nc4cccc(F)c43)cc2F)CC1. The maximum atomic E-state index is 14.7. The average Bonchev–Trinajstić information content (AvgIpc) is 3.04. The molecule has 4 nitrogen and oxygen atoms in total. The van der Waals surface area contributed by atoms with E-state index in [2.05, 4.69) is 22.5 Å². The van der Waals surface area contributed by atoms with Gasteiger partial charge in [-0.3, -0.25) is 4.79 Å². The average molecular weight is 397 g/mol. The first-order chi connectivity index (χ1) is 14.1. The molecule has 29 heavy (non-hydrogen) atoms. The standard InChI is InChI=1S/C23H25F2N3O/c1-2-4-15-9-11-28(12-10-15)21-8-7-16(13-19(21)25)26-14-17-22-18(24)5-3-6-20(22)27-23(17)29/h3,5-8,13-15,26H,2,4,9-12H2,1H3,(H,27,29). The highest BCUT2D eigenvalue weighted by molar-refractivity contribution is 6.31. The zero-order chi connectivity index (χ0) is 20.4. The van der Waals surface area contributed by atoms with Crippen LogP contribution in [0.3, 0.4) is 0 Å². The number of rotatable bonds is 5. The van der Waals surface area contributed by atoms with E-state index in [-0.39, 0.29) is 22.9 Å². The molecular formula is C23H25F2N3O. The highest BCUT2D eigenvalue weighted by Crippen LogP contribution is 2.34. The van der Waals surface area contributed by atoms with Crippen molar-refractivity contribution in [2.45, 2.75) is 32.6 Å². The minimum absolute atomic E-state index is 0.195. The van der Waals surface area contributed by atoms with E-state index < -0.39 is 5.82 Å². The molecule has 2 aromatic carbocycles. The van der Waals surface area contributed by atoms with Crippen LogP contribution in [0.25, 0.3) is 5.57 Å². The Kier molecular flexibility index (Phi) is 5.51. The summed E-state index contributed by atoms with van der Waals surface area (Å²) in [6.07, 6.45) is 6.06.